The molecule has 2 unspecified atom stereocenters. The van der Waals surface area contributed by atoms with Gasteiger partial charge in [-0.1, -0.05) is 39.0 Å². The average molecular weight is 266 g/mol. The van der Waals surface area contributed by atoms with Gasteiger partial charge in [0.25, 0.3) is 0 Å². The number of nitrogens with one attached hydrogen (secondary N) is 1. The summed E-state index contributed by atoms with van der Waals surface area (Å²) < 4.78 is 0. The van der Waals surface area contributed by atoms with E-state index in [9.17, 15) is 4.79 Å². The summed E-state index contributed by atoms with van der Waals surface area (Å²) >= 11 is 0. The molecular weight excluding hydrogens is 236 g/mol. The van der Waals surface area contributed by atoms with E-state index in [2.05, 4.69) is 12.2 Å². The fourth-order valence-electron chi connectivity index (χ4n) is 3.97. The van der Waals surface area contributed by atoms with Crippen molar-refractivity contribution in [1.82, 2.24) is 5.32 Å². The number of rotatable bonds is 5. The first-order valence-corrected chi connectivity index (χ1v) is 8.15. The van der Waals surface area contributed by atoms with Gasteiger partial charge in [-0.25, -0.2) is 0 Å². The lowest BCUT2D eigenvalue weighted by molar-refractivity contribution is -0.130. The molecule has 19 heavy (non-hydrogen) atoms. The molecule has 2 fully saturated rings. The second-order valence-corrected chi connectivity index (χ2v) is 6.87. The maximum Gasteiger partial charge on any atom is 0.227 e. The van der Waals surface area contributed by atoms with Crippen molar-refractivity contribution in [3.05, 3.63) is 0 Å². The minimum Gasteiger partial charge on any atom is -0.356 e. The van der Waals surface area contributed by atoms with Gasteiger partial charge in [0.1, 0.15) is 0 Å². The van der Waals surface area contributed by atoms with E-state index in [1.54, 1.807) is 0 Å². The molecule has 0 bridgehead atoms. The lowest BCUT2D eigenvalue weighted by Gasteiger charge is -2.28. The minimum absolute atomic E-state index is 0.219. The van der Waals surface area contributed by atoms with Gasteiger partial charge in [0.05, 0.1) is 5.41 Å². The Hall–Kier alpha value is -0.570. The molecular formula is C16H30N2O. The molecule has 0 saturated heterocycles. The summed E-state index contributed by atoms with van der Waals surface area (Å²) in [5.41, 5.74) is 5.61. The van der Waals surface area contributed by atoms with Crippen LogP contribution in [0, 0.1) is 17.3 Å². The van der Waals surface area contributed by atoms with Crippen LogP contribution in [0.3, 0.4) is 0 Å². The van der Waals surface area contributed by atoms with Crippen LogP contribution in [0.5, 0.6) is 0 Å². The van der Waals surface area contributed by atoms with Crippen molar-refractivity contribution in [2.24, 2.45) is 23.0 Å². The highest BCUT2D eigenvalue weighted by molar-refractivity contribution is 5.83. The van der Waals surface area contributed by atoms with Crippen LogP contribution in [0.4, 0.5) is 0 Å². The molecule has 2 aliphatic carbocycles. The zero-order valence-corrected chi connectivity index (χ0v) is 12.4. The summed E-state index contributed by atoms with van der Waals surface area (Å²) in [5.74, 6) is 1.91. The third-order valence-electron chi connectivity index (χ3n) is 5.32. The largest absolute Gasteiger partial charge is 0.356 e. The Balaban J connectivity index is 1.71. The van der Waals surface area contributed by atoms with Gasteiger partial charge < -0.3 is 11.1 Å². The molecule has 2 saturated carbocycles. The first-order chi connectivity index (χ1) is 9.16. The SMILES string of the molecule is CC1CCCC(CCNC(=O)C2(CN)CCCC2)C1. The normalized spacial score (nSPS) is 30.2. The molecule has 0 aromatic heterocycles. The summed E-state index contributed by atoms with van der Waals surface area (Å²) in [4.78, 5) is 12.3. The van der Waals surface area contributed by atoms with Crippen molar-refractivity contribution >= 4 is 5.91 Å². The summed E-state index contributed by atoms with van der Waals surface area (Å²) in [7, 11) is 0. The Morgan fingerprint density at radius 3 is 2.63 bits per heavy atom. The number of hydrogen-bond donors (Lipinski definition) is 2. The van der Waals surface area contributed by atoms with Crippen LogP contribution >= 0.6 is 0 Å². The standard InChI is InChI=1S/C16H30N2O/c1-13-5-4-6-14(11-13)7-10-18-15(19)16(12-17)8-2-3-9-16/h13-14H,2-12,17H2,1H3,(H,18,19). The van der Waals surface area contributed by atoms with Crippen LogP contribution in [0.2, 0.25) is 0 Å². The number of carbonyl (C=O) groups excluding carboxylic acids is 1. The number of carbonyl (C=O) groups is 1. The van der Waals surface area contributed by atoms with E-state index in [1.165, 1.54) is 25.7 Å². The fourth-order valence-corrected chi connectivity index (χ4v) is 3.97. The molecule has 3 heteroatoms. The van der Waals surface area contributed by atoms with Gasteiger partial charge in [0.15, 0.2) is 0 Å². The molecule has 110 valence electrons. The molecule has 2 aliphatic rings. The third kappa shape index (κ3) is 3.71. The Labute approximate surface area is 117 Å². The molecule has 2 rings (SSSR count). The summed E-state index contributed by atoms with van der Waals surface area (Å²) in [6.07, 6.45) is 10.9. The lowest BCUT2D eigenvalue weighted by Crippen LogP contribution is -2.44. The van der Waals surface area contributed by atoms with Gasteiger partial charge in [-0.15, -0.1) is 0 Å². The van der Waals surface area contributed by atoms with Crippen LogP contribution in [-0.2, 0) is 4.79 Å². The van der Waals surface area contributed by atoms with E-state index in [1.807, 2.05) is 0 Å². The van der Waals surface area contributed by atoms with Crippen LogP contribution < -0.4 is 11.1 Å². The smallest absolute Gasteiger partial charge is 0.227 e. The highest BCUT2D eigenvalue weighted by Crippen LogP contribution is 2.37. The zero-order chi connectivity index (χ0) is 13.7. The van der Waals surface area contributed by atoms with Crippen molar-refractivity contribution < 1.29 is 4.79 Å². The molecule has 0 radical (unpaired) electrons. The Bertz CT molecular complexity index is 297. The molecule has 1 amide bonds. The molecule has 0 aromatic carbocycles. The average Bonchev–Trinajstić information content (AvgIpc) is 2.89. The van der Waals surface area contributed by atoms with Crippen LogP contribution in [0.1, 0.15) is 64.7 Å². The maximum absolute atomic E-state index is 12.3. The van der Waals surface area contributed by atoms with Crippen molar-refractivity contribution in [2.75, 3.05) is 13.1 Å². The molecule has 0 heterocycles. The molecule has 3 N–H and O–H groups in total. The van der Waals surface area contributed by atoms with Gasteiger partial charge >= 0.3 is 0 Å². The van der Waals surface area contributed by atoms with E-state index < -0.39 is 0 Å². The highest BCUT2D eigenvalue weighted by Gasteiger charge is 2.39. The van der Waals surface area contributed by atoms with E-state index in [0.29, 0.717) is 6.54 Å². The van der Waals surface area contributed by atoms with Crippen molar-refractivity contribution in [3.8, 4) is 0 Å². The van der Waals surface area contributed by atoms with Gasteiger partial charge in [0.2, 0.25) is 5.91 Å². The van der Waals surface area contributed by atoms with E-state index in [4.69, 9.17) is 5.73 Å². The van der Waals surface area contributed by atoms with Crippen molar-refractivity contribution in [2.45, 2.75) is 64.7 Å². The van der Waals surface area contributed by atoms with Crippen LogP contribution in [0.15, 0.2) is 0 Å². The number of hydrogen-bond acceptors (Lipinski definition) is 2. The van der Waals surface area contributed by atoms with Crippen molar-refractivity contribution in [1.29, 1.82) is 0 Å². The number of nitrogens with two attached hydrogens (primary N) is 1. The highest BCUT2D eigenvalue weighted by atomic mass is 16.2. The Morgan fingerprint density at radius 2 is 2.00 bits per heavy atom. The molecule has 3 nitrogen and oxygen atoms in total. The molecule has 0 aromatic rings. The predicted molar refractivity (Wildman–Crippen MR) is 78.7 cm³/mol. The minimum atomic E-state index is -0.236. The second-order valence-electron chi connectivity index (χ2n) is 6.87. The summed E-state index contributed by atoms with van der Waals surface area (Å²) in [6.45, 7) is 3.71. The zero-order valence-electron chi connectivity index (χ0n) is 12.4. The fraction of sp³-hybridized carbons (Fsp3) is 0.938. The molecule has 0 spiro atoms. The third-order valence-corrected chi connectivity index (χ3v) is 5.32. The predicted octanol–water partition coefficient (Wildman–Crippen LogP) is 2.84. The van der Waals surface area contributed by atoms with E-state index in [-0.39, 0.29) is 11.3 Å². The monoisotopic (exact) mass is 266 g/mol. The first kappa shape index (κ1) is 14.8. The van der Waals surface area contributed by atoms with Gasteiger partial charge in [0, 0.05) is 13.1 Å². The Kier molecular flexibility index (Phi) is 5.26. The van der Waals surface area contributed by atoms with Gasteiger partial charge in [-0.2, -0.15) is 0 Å². The maximum atomic E-state index is 12.3. The van der Waals surface area contributed by atoms with E-state index >= 15 is 0 Å². The van der Waals surface area contributed by atoms with Crippen LogP contribution in [0.25, 0.3) is 0 Å². The number of amides is 1. The van der Waals surface area contributed by atoms with Gasteiger partial charge in [-0.05, 0) is 37.5 Å². The lowest BCUT2D eigenvalue weighted by atomic mass is 9.80. The molecule has 2 atom stereocenters. The van der Waals surface area contributed by atoms with E-state index in [0.717, 1.165) is 50.5 Å². The van der Waals surface area contributed by atoms with Gasteiger partial charge in [-0.3, -0.25) is 4.79 Å². The first-order valence-electron chi connectivity index (χ1n) is 8.15. The quantitative estimate of drug-likeness (QED) is 0.804. The van der Waals surface area contributed by atoms with Crippen molar-refractivity contribution in [3.63, 3.8) is 0 Å². The Morgan fingerprint density at radius 1 is 1.26 bits per heavy atom. The summed E-state index contributed by atoms with van der Waals surface area (Å²) in [5, 5.41) is 3.16. The second kappa shape index (κ2) is 6.74. The molecule has 0 aliphatic heterocycles. The van der Waals surface area contributed by atoms with Crippen LogP contribution in [-0.4, -0.2) is 19.0 Å². The summed E-state index contributed by atoms with van der Waals surface area (Å²) in [6, 6.07) is 0. The topological polar surface area (TPSA) is 55.1 Å².